The maximum Gasteiger partial charge on any atom is 0.172 e. The Bertz CT molecular complexity index is 447. The highest BCUT2D eigenvalue weighted by molar-refractivity contribution is 7.16. The van der Waals surface area contributed by atoms with Gasteiger partial charge >= 0.3 is 0 Å². The van der Waals surface area contributed by atoms with E-state index < -0.39 is 0 Å². The zero-order valence-electron chi connectivity index (χ0n) is 14.3. The maximum atomic E-state index is 12.2. The van der Waals surface area contributed by atoms with Crippen molar-refractivity contribution in [2.45, 2.75) is 89.9 Å². The molecule has 0 aliphatic carbocycles. The maximum absolute atomic E-state index is 12.2. The quantitative estimate of drug-likeness (QED) is 0.536. The highest BCUT2D eigenvalue weighted by Gasteiger charge is 2.13. The summed E-state index contributed by atoms with van der Waals surface area (Å²) < 4.78 is 0. The molecule has 2 rings (SSSR count). The van der Waals surface area contributed by atoms with Gasteiger partial charge in [0.25, 0.3) is 0 Å². The van der Waals surface area contributed by atoms with Gasteiger partial charge in [-0.15, -0.1) is 11.3 Å². The predicted octanol–water partition coefficient (Wildman–Crippen LogP) is 6.59. The lowest BCUT2D eigenvalue weighted by Gasteiger charge is -2.03. The van der Waals surface area contributed by atoms with E-state index in [0.29, 0.717) is 12.8 Å². The highest BCUT2D eigenvalue weighted by Crippen LogP contribution is 2.22. The Morgan fingerprint density at radius 3 is 1.17 bits per heavy atom. The van der Waals surface area contributed by atoms with Crippen molar-refractivity contribution in [1.82, 2.24) is 0 Å². The number of carbonyl (C=O) groups is 2. The van der Waals surface area contributed by atoms with E-state index in [1.807, 2.05) is 12.1 Å². The SMILES string of the molecule is O=C1CCCCCCCCCCCCCCC(=O)c2ccc1s2. The van der Waals surface area contributed by atoms with Crippen LogP contribution in [0.1, 0.15) is 109 Å². The standard InChI is InChI=1S/C20H30O2S/c21-17-13-11-9-7-5-3-1-2-4-6-8-10-12-14-18(22)20-16-15-19(17)23-20/h15-16H,1-14H2. The van der Waals surface area contributed by atoms with E-state index in [1.165, 1.54) is 62.7 Å². The molecule has 0 aromatic carbocycles. The van der Waals surface area contributed by atoms with Crippen molar-refractivity contribution in [2.75, 3.05) is 0 Å². The minimum absolute atomic E-state index is 0.215. The molecule has 1 aromatic rings. The van der Waals surface area contributed by atoms with Gasteiger partial charge in [-0.1, -0.05) is 64.2 Å². The number of Topliss-reactive ketones (excluding diaryl/α,β-unsaturated/α-hetero) is 2. The molecule has 2 bridgehead atoms. The molecule has 0 radical (unpaired) electrons. The molecular formula is C20H30O2S. The van der Waals surface area contributed by atoms with Crippen LogP contribution in [0.25, 0.3) is 0 Å². The van der Waals surface area contributed by atoms with E-state index in [0.717, 1.165) is 35.4 Å². The lowest BCUT2D eigenvalue weighted by molar-refractivity contribution is 0.0976. The summed E-state index contributed by atoms with van der Waals surface area (Å²) in [5, 5.41) is 0. The molecule has 0 N–H and O–H groups in total. The largest absolute Gasteiger partial charge is 0.293 e. The molecule has 0 unspecified atom stereocenters. The molecule has 1 aliphatic rings. The van der Waals surface area contributed by atoms with Gasteiger partial charge in [-0.3, -0.25) is 9.59 Å². The van der Waals surface area contributed by atoms with Crippen molar-refractivity contribution >= 4 is 22.9 Å². The fourth-order valence-corrected chi connectivity index (χ4v) is 4.16. The van der Waals surface area contributed by atoms with Crippen molar-refractivity contribution in [3.05, 3.63) is 21.9 Å². The minimum Gasteiger partial charge on any atom is -0.293 e. The Hall–Kier alpha value is -0.960. The third-order valence-electron chi connectivity index (χ3n) is 4.71. The van der Waals surface area contributed by atoms with Gasteiger partial charge in [0, 0.05) is 12.8 Å². The number of fused-ring (bicyclic) bond motifs is 2. The number of hydrogen-bond donors (Lipinski definition) is 0. The van der Waals surface area contributed by atoms with Gasteiger partial charge in [0.1, 0.15) is 0 Å². The Labute approximate surface area is 144 Å². The van der Waals surface area contributed by atoms with Gasteiger partial charge in [0.15, 0.2) is 11.6 Å². The summed E-state index contributed by atoms with van der Waals surface area (Å²) in [5.41, 5.74) is 0. The lowest BCUT2D eigenvalue weighted by atomic mass is 10.0. The molecule has 1 aliphatic heterocycles. The highest BCUT2D eigenvalue weighted by atomic mass is 32.1. The Morgan fingerprint density at radius 1 is 0.522 bits per heavy atom. The number of ketones is 2. The van der Waals surface area contributed by atoms with Crippen LogP contribution in [0.4, 0.5) is 0 Å². The molecule has 0 saturated heterocycles. The van der Waals surface area contributed by atoms with Crippen LogP contribution in [0, 0.1) is 0 Å². The first kappa shape index (κ1) is 18.4. The molecule has 0 amide bonds. The van der Waals surface area contributed by atoms with Gasteiger partial charge in [0.2, 0.25) is 0 Å². The molecule has 0 saturated carbocycles. The van der Waals surface area contributed by atoms with Crippen molar-refractivity contribution in [3.8, 4) is 0 Å². The average Bonchev–Trinajstić information content (AvgIpc) is 3.04. The smallest absolute Gasteiger partial charge is 0.172 e. The van der Waals surface area contributed by atoms with Gasteiger partial charge in [-0.25, -0.2) is 0 Å². The molecule has 23 heavy (non-hydrogen) atoms. The Kier molecular flexibility index (Phi) is 8.59. The summed E-state index contributed by atoms with van der Waals surface area (Å²) in [6, 6.07) is 3.69. The molecule has 2 nitrogen and oxygen atoms in total. The van der Waals surface area contributed by atoms with Gasteiger partial charge < -0.3 is 0 Å². The number of rotatable bonds is 0. The molecule has 0 atom stereocenters. The summed E-state index contributed by atoms with van der Waals surface area (Å²) in [4.78, 5) is 25.9. The van der Waals surface area contributed by atoms with Crippen LogP contribution < -0.4 is 0 Å². The van der Waals surface area contributed by atoms with Crippen molar-refractivity contribution in [3.63, 3.8) is 0 Å². The second kappa shape index (κ2) is 10.7. The molecular weight excluding hydrogens is 304 g/mol. The second-order valence-electron chi connectivity index (χ2n) is 6.75. The predicted molar refractivity (Wildman–Crippen MR) is 97.6 cm³/mol. The summed E-state index contributed by atoms with van der Waals surface area (Å²) in [5.74, 6) is 0.430. The third-order valence-corrected chi connectivity index (χ3v) is 5.88. The second-order valence-corrected chi connectivity index (χ2v) is 7.84. The zero-order valence-corrected chi connectivity index (χ0v) is 15.1. The number of hydrogen-bond acceptors (Lipinski definition) is 3. The van der Waals surface area contributed by atoms with Gasteiger partial charge in [-0.05, 0) is 25.0 Å². The van der Waals surface area contributed by atoms with Crippen LogP contribution >= 0.6 is 11.3 Å². The van der Waals surface area contributed by atoms with Gasteiger partial charge in [0.05, 0.1) is 9.75 Å². The number of thiophene rings is 1. The topological polar surface area (TPSA) is 34.1 Å². The molecule has 3 heteroatoms. The van der Waals surface area contributed by atoms with Gasteiger partial charge in [-0.2, -0.15) is 0 Å². The Balaban J connectivity index is 1.86. The first-order chi connectivity index (χ1) is 11.3. The molecule has 2 heterocycles. The van der Waals surface area contributed by atoms with E-state index in [-0.39, 0.29) is 11.6 Å². The molecule has 0 fully saturated rings. The monoisotopic (exact) mass is 334 g/mol. The lowest BCUT2D eigenvalue weighted by Crippen LogP contribution is -1.97. The van der Waals surface area contributed by atoms with Crippen LogP contribution in [0.2, 0.25) is 0 Å². The first-order valence-corrected chi connectivity index (χ1v) is 10.3. The number of carbonyl (C=O) groups excluding carboxylic acids is 2. The Morgan fingerprint density at radius 2 is 0.826 bits per heavy atom. The average molecular weight is 335 g/mol. The summed E-state index contributed by atoms with van der Waals surface area (Å²) in [6.07, 6.45) is 16.1. The van der Waals surface area contributed by atoms with E-state index in [4.69, 9.17) is 0 Å². The first-order valence-electron chi connectivity index (χ1n) is 9.43. The van der Waals surface area contributed by atoms with Crippen LogP contribution in [0.3, 0.4) is 0 Å². The van der Waals surface area contributed by atoms with Crippen molar-refractivity contribution < 1.29 is 9.59 Å². The van der Waals surface area contributed by atoms with Crippen LogP contribution in [0.5, 0.6) is 0 Å². The third kappa shape index (κ3) is 6.99. The molecule has 0 spiro atoms. The van der Waals surface area contributed by atoms with Crippen LogP contribution in [-0.2, 0) is 0 Å². The van der Waals surface area contributed by atoms with Crippen LogP contribution in [-0.4, -0.2) is 11.6 Å². The molecule has 128 valence electrons. The van der Waals surface area contributed by atoms with E-state index in [9.17, 15) is 9.59 Å². The van der Waals surface area contributed by atoms with Crippen LogP contribution in [0.15, 0.2) is 12.1 Å². The fourth-order valence-electron chi connectivity index (χ4n) is 3.22. The summed E-state index contributed by atoms with van der Waals surface area (Å²) >= 11 is 1.40. The summed E-state index contributed by atoms with van der Waals surface area (Å²) in [6.45, 7) is 0. The minimum atomic E-state index is 0.215. The van der Waals surface area contributed by atoms with Crippen molar-refractivity contribution in [1.29, 1.82) is 0 Å². The normalized spacial score (nSPS) is 20.5. The molecule has 1 aromatic heterocycles. The van der Waals surface area contributed by atoms with E-state index >= 15 is 0 Å². The van der Waals surface area contributed by atoms with Crippen molar-refractivity contribution in [2.24, 2.45) is 0 Å². The fraction of sp³-hybridized carbons (Fsp3) is 0.700. The summed E-state index contributed by atoms with van der Waals surface area (Å²) in [7, 11) is 0. The zero-order chi connectivity index (χ0) is 16.3. The van der Waals surface area contributed by atoms with E-state index in [1.54, 1.807) is 0 Å². The van der Waals surface area contributed by atoms with E-state index in [2.05, 4.69) is 0 Å².